The molecule has 0 saturated carbocycles. The fourth-order valence-corrected chi connectivity index (χ4v) is 7.84. The van der Waals surface area contributed by atoms with Gasteiger partial charge in [0, 0.05) is 17.3 Å². The second-order valence-electron chi connectivity index (χ2n) is 10.9. The molecule has 2 heterocycles. The standard InChI is InChI=1S/C30H30ClFN2O5S/c1-18(31)29(36)34-24-10-7-11-25(35)26(24)33-23-15-30(2,3)17-40(37,38)28(23)27(34)21-13-12-20(14-22(21)32)39-16-19-8-5-4-6-9-19/h4-14,18,27,33,35H,15-17H2,1-3H3. The summed E-state index contributed by atoms with van der Waals surface area (Å²) in [6.45, 7) is 5.33. The molecule has 0 aliphatic carbocycles. The molecule has 1 amide bonds. The normalized spacial score (nSPS) is 20.0. The van der Waals surface area contributed by atoms with Crippen molar-refractivity contribution in [3.63, 3.8) is 0 Å². The Morgan fingerprint density at radius 1 is 1.18 bits per heavy atom. The molecule has 40 heavy (non-hydrogen) atoms. The van der Waals surface area contributed by atoms with Crippen LogP contribution >= 0.6 is 11.6 Å². The summed E-state index contributed by atoms with van der Waals surface area (Å²) in [6.07, 6.45) is 0.296. The number of nitrogens with one attached hydrogen (secondary N) is 1. The number of para-hydroxylation sites is 1. The van der Waals surface area contributed by atoms with Gasteiger partial charge >= 0.3 is 0 Å². The molecule has 0 fully saturated rings. The van der Waals surface area contributed by atoms with Crippen molar-refractivity contribution in [2.24, 2.45) is 5.41 Å². The van der Waals surface area contributed by atoms with Gasteiger partial charge in [-0.15, -0.1) is 11.6 Å². The number of phenols is 1. The maximum atomic E-state index is 16.0. The predicted octanol–water partition coefficient (Wildman–Crippen LogP) is 6.29. The first-order valence-electron chi connectivity index (χ1n) is 12.9. The third kappa shape index (κ3) is 5.28. The van der Waals surface area contributed by atoms with E-state index in [1.165, 1.54) is 36.1 Å². The molecular weight excluding hydrogens is 555 g/mol. The first kappa shape index (κ1) is 28.0. The van der Waals surface area contributed by atoms with Crippen LogP contribution in [0.15, 0.2) is 77.3 Å². The van der Waals surface area contributed by atoms with Gasteiger partial charge in [-0.2, -0.15) is 0 Å². The van der Waals surface area contributed by atoms with Gasteiger partial charge in [-0.3, -0.25) is 9.69 Å². The van der Waals surface area contributed by atoms with Crippen LogP contribution in [0.2, 0.25) is 0 Å². The van der Waals surface area contributed by atoms with E-state index in [1.807, 2.05) is 44.2 Å². The van der Waals surface area contributed by atoms with E-state index in [-0.39, 0.29) is 45.7 Å². The minimum Gasteiger partial charge on any atom is -0.506 e. The Hall–Kier alpha value is -3.56. The number of carbonyl (C=O) groups excluding carboxylic acids is 1. The van der Waals surface area contributed by atoms with Gasteiger partial charge in [0.2, 0.25) is 5.91 Å². The highest BCUT2D eigenvalue weighted by atomic mass is 35.5. The number of ether oxygens (including phenoxy) is 1. The van der Waals surface area contributed by atoms with Crippen LogP contribution in [-0.4, -0.2) is 30.6 Å². The Balaban J connectivity index is 1.70. The highest BCUT2D eigenvalue weighted by Gasteiger charge is 2.48. The molecule has 3 aromatic rings. The molecule has 210 valence electrons. The lowest BCUT2D eigenvalue weighted by molar-refractivity contribution is -0.118. The number of hydrogen-bond donors (Lipinski definition) is 2. The lowest BCUT2D eigenvalue weighted by Crippen LogP contribution is -2.43. The first-order chi connectivity index (χ1) is 18.9. The fraction of sp³-hybridized carbons (Fsp3) is 0.300. The molecule has 0 bridgehead atoms. The van der Waals surface area contributed by atoms with Gasteiger partial charge in [0.15, 0.2) is 9.84 Å². The second-order valence-corrected chi connectivity index (χ2v) is 13.5. The number of benzene rings is 3. The van der Waals surface area contributed by atoms with Crippen molar-refractivity contribution in [3.8, 4) is 11.5 Å². The van der Waals surface area contributed by atoms with Crippen LogP contribution < -0.4 is 15.0 Å². The molecule has 0 aromatic heterocycles. The van der Waals surface area contributed by atoms with E-state index in [0.717, 1.165) is 5.56 Å². The molecule has 2 aliphatic heterocycles. The molecule has 0 radical (unpaired) electrons. The summed E-state index contributed by atoms with van der Waals surface area (Å²) in [5, 5.41) is 12.8. The maximum Gasteiger partial charge on any atom is 0.245 e. The van der Waals surface area contributed by atoms with E-state index >= 15 is 4.39 Å². The van der Waals surface area contributed by atoms with Crippen LogP contribution in [0, 0.1) is 11.2 Å². The zero-order valence-electron chi connectivity index (χ0n) is 22.3. The van der Waals surface area contributed by atoms with E-state index in [2.05, 4.69) is 5.32 Å². The van der Waals surface area contributed by atoms with Crippen molar-refractivity contribution in [2.75, 3.05) is 16.0 Å². The zero-order valence-corrected chi connectivity index (χ0v) is 23.9. The van der Waals surface area contributed by atoms with Crippen LogP contribution in [0.4, 0.5) is 15.8 Å². The van der Waals surface area contributed by atoms with Gasteiger partial charge in [-0.05, 0) is 48.6 Å². The minimum absolute atomic E-state index is 0.0356. The molecule has 3 aromatic carbocycles. The number of amides is 1. The molecule has 2 atom stereocenters. The van der Waals surface area contributed by atoms with Crippen molar-refractivity contribution in [1.82, 2.24) is 0 Å². The monoisotopic (exact) mass is 584 g/mol. The first-order valence-corrected chi connectivity index (χ1v) is 14.9. The number of carbonyl (C=O) groups is 1. The lowest BCUT2D eigenvalue weighted by Gasteiger charge is -2.38. The number of aromatic hydroxyl groups is 1. The summed E-state index contributed by atoms with van der Waals surface area (Å²) in [5.41, 5.74) is 0.855. The summed E-state index contributed by atoms with van der Waals surface area (Å²) in [5.74, 6) is -1.52. The Morgan fingerprint density at radius 2 is 1.90 bits per heavy atom. The van der Waals surface area contributed by atoms with Gasteiger partial charge in [-0.1, -0.05) is 50.2 Å². The highest BCUT2D eigenvalue weighted by molar-refractivity contribution is 7.95. The van der Waals surface area contributed by atoms with Crippen LogP contribution in [-0.2, 0) is 21.2 Å². The Kier molecular flexibility index (Phi) is 7.31. The third-order valence-electron chi connectivity index (χ3n) is 7.02. The summed E-state index contributed by atoms with van der Waals surface area (Å²) in [6, 6.07) is 16.7. The topological polar surface area (TPSA) is 95.9 Å². The predicted molar refractivity (Wildman–Crippen MR) is 154 cm³/mol. The largest absolute Gasteiger partial charge is 0.506 e. The number of fused-ring (bicyclic) bond motifs is 1. The molecule has 0 saturated heterocycles. The number of hydrogen-bond acceptors (Lipinski definition) is 6. The van der Waals surface area contributed by atoms with Gasteiger partial charge < -0.3 is 15.2 Å². The maximum absolute atomic E-state index is 16.0. The Labute approximate surface area is 238 Å². The molecule has 0 spiro atoms. The van der Waals surface area contributed by atoms with E-state index < -0.39 is 38.4 Å². The quantitative estimate of drug-likeness (QED) is 0.270. The van der Waals surface area contributed by atoms with E-state index in [0.29, 0.717) is 12.1 Å². The summed E-state index contributed by atoms with van der Waals surface area (Å²) in [7, 11) is -4.01. The van der Waals surface area contributed by atoms with Crippen LogP contribution in [0.1, 0.15) is 44.4 Å². The number of phenolic OH excluding ortho intramolecular Hbond substituents is 1. The van der Waals surface area contributed by atoms with Gasteiger partial charge in [0.05, 0.1) is 16.3 Å². The van der Waals surface area contributed by atoms with Crippen molar-refractivity contribution in [2.45, 2.75) is 45.2 Å². The second kappa shape index (κ2) is 10.4. The molecule has 2 unspecified atom stereocenters. The van der Waals surface area contributed by atoms with E-state index in [9.17, 15) is 18.3 Å². The average Bonchev–Trinajstić information content (AvgIpc) is 3.02. The average molecular weight is 585 g/mol. The number of sulfone groups is 1. The minimum atomic E-state index is -4.01. The molecular formula is C30H30ClFN2O5S. The number of rotatable bonds is 5. The SMILES string of the molecule is CC(Cl)C(=O)N1c2cccc(O)c2NC2=C(C1c1ccc(OCc3ccccc3)cc1F)S(=O)(=O)CC(C)(C)C2. The van der Waals surface area contributed by atoms with Gasteiger partial charge in [0.25, 0.3) is 0 Å². The van der Waals surface area contributed by atoms with Crippen molar-refractivity contribution in [1.29, 1.82) is 0 Å². The highest BCUT2D eigenvalue weighted by Crippen LogP contribution is 2.51. The molecule has 10 heteroatoms. The summed E-state index contributed by atoms with van der Waals surface area (Å²) >= 11 is 6.28. The molecule has 2 aliphatic rings. The van der Waals surface area contributed by atoms with Gasteiger partial charge in [0.1, 0.15) is 41.0 Å². The molecule has 7 nitrogen and oxygen atoms in total. The number of alkyl halides is 1. The lowest BCUT2D eigenvalue weighted by atomic mass is 9.88. The number of nitrogens with zero attached hydrogens (tertiary/aromatic N) is 1. The van der Waals surface area contributed by atoms with Gasteiger partial charge in [-0.25, -0.2) is 12.8 Å². The summed E-state index contributed by atoms with van der Waals surface area (Å²) < 4.78 is 49.6. The van der Waals surface area contributed by atoms with Crippen molar-refractivity contribution >= 4 is 38.7 Å². The van der Waals surface area contributed by atoms with Crippen molar-refractivity contribution < 1.29 is 27.4 Å². The Morgan fingerprint density at radius 3 is 2.58 bits per heavy atom. The summed E-state index contributed by atoms with van der Waals surface area (Å²) in [4.78, 5) is 14.7. The number of allylic oxidation sites excluding steroid dienone is 1. The Bertz CT molecular complexity index is 1610. The van der Waals surface area contributed by atoms with Crippen LogP contribution in [0.5, 0.6) is 11.5 Å². The van der Waals surface area contributed by atoms with E-state index in [4.69, 9.17) is 16.3 Å². The van der Waals surface area contributed by atoms with Crippen LogP contribution in [0.3, 0.4) is 0 Å². The van der Waals surface area contributed by atoms with E-state index in [1.54, 1.807) is 12.1 Å². The van der Waals surface area contributed by atoms with Crippen LogP contribution in [0.25, 0.3) is 0 Å². The number of anilines is 2. The molecule has 5 rings (SSSR count). The number of halogens is 2. The van der Waals surface area contributed by atoms with Crippen molar-refractivity contribution in [3.05, 3.63) is 94.3 Å². The smallest absolute Gasteiger partial charge is 0.245 e. The fourth-order valence-electron chi connectivity index (χ4n) is 5.38. The molecule has 2 N–H and O–H groups in total. The third-order valence-corrected chi connectivity index (χ3v) is 9.51. The zero-order chi connectivity index (χ0) is 28.8.